The van der Waals surface area contributed by atoms with Gasteiger partial charge in [0.25, 0.3) is 0 Å². The molecule has 1 aromatic heterocycles. The summed E-state index contributed by atoms with van der Waals surface area (Å²) in [6.07, 6.45) is 0. The van der Waals surface area contributed by atoms with E-state index in [2.05, 4.69) is 20.8 Å². The van der Waals surface area contributed by atoms with E-state index < -0.39 is 20.5 Å². The zero-order valence-electron chi connectivity index (χ0n) is 15.0. The van der Waals surface area contributed by atoms with Crippen molar-refractivity contribution < 1.29 is 22.0 Å². The number of nitrogens with one attached hydrogen (secondary N) is 1. The summed E-state index contributed by atoms with van der Waals surface area (Å²) in [6.45, 7) is 1.91. The highest BCUT2D eigenvalue weighted by molar-refractivity contribution is 7.99. The Labute approximate surface area is 169 Å². The summed E-state index contributed by atoms with van der Waals surface area (Å²) in [4.78, 5) is 11.6. The van der Waals surface area contributed by atoms with Gasteiger partial charge < -0.3 is 5.32 Å². The van der Waals surface area contributed by atoms with Gasteiger partial charge in [0.05, 0.1) is 16.3 Å². The molecule has 1 N–H and O–H groups in total. The van der Waals surface area contributed by atoms with Crippen LogP contribution >= 0.6 is 11.8 Å². The molecule has 12 heteroatoms. The van der Waals surface area contributed by atoms with Crippen LogP contribution in [0.4, 0.5) is 14.5 Å². The maximum atomic E-state index is 12.5. The van der Waals surface area contributed by atoms with Gasteiger partial charge in [-0.15, -0.1) is 5.10 Å². The molecule has 0 aliphatic heterocycles. The van der Waals surface area contributed by atoms with Crippen molar-refractivity contribution in [2.24, 2.45) is 0 Å². The number of hydrogen-bond donors (Lipinski definition) is 1. The smallest absolute Gasteiger partial charge is 0.325 e. The van der Waals surface area contributed by atoms with Crippen LogP contribution < -0.4 is 5.32 Å². The molecule has 8 nitrogen and oxygen atoms in total. The number of nitrogens with zero attached hydrogens (tertiary/aromatic N) is 4. The van der Waals surface area contributed by atoms with E-state index in [9.17, 15) is 22.0 Å². The normalized spacial score (nSPS) is 11.6. The fraction of sp³-hybridized carbons (Fsp3) is 0.176. The van der Waals surface area contributed by atoms with Crippen molar-refractivity contribution in [3.05, 3.63) is 54.1 Å². The summed E-state index contributed by atoms with van der Waals surface area (Å²) >= 11 is 1.12. The van der Waals surface area contributed by atoms with Gasteiger partial charge in [0.1, 0.15) is 0 Å². The molecule has 3 aromatic rings. The van der Waals surface area contributed by atoms with Crippen LogP contribution in [0.2, 0.25) is 0 Å². The van der Waals surface area contributed by atoms with Crippen LogP contribution in [0.15, 0.2) is 58.6 Å². The monoisotopic (exact) mass is 439 g/mol. The number of tetrazole rings is 1. The third-order valence-electron chi connectivity index (χ3n) is 3.82. The number of alkyl halides is 2. The Kier molecular flexibility index (Phi) is 6.23. The van der Waals surface area contributed by atoms with Gasteiger partial charge in [-0.3, -0.25) is 4.79 Å². The van der Waals surface area contributed by atoms with E-state index in [1.54, 1.807) is 0 Å². The fourth-order valence-corrected chi connectivity index (χ4v) is 3.78. The predicted molar refractivity (Wildman–Crippen MR) is 103 cm³/mol. The Hall–Kier alpha value is -2.86. The second kappa shape index (κ2) is 8.66. The summed E-state index contributed by atoms with van der Waals surface area (Å²) < 4.78 is 49.4. The number of sulfone groups is 1. The number of rotatable bonds is 7. The minimum atomic E-state index is -4.67. The molecule has 29 heavy (non-hydrogen) atoms. The van der Waals surface area contributed by atoms with Crippen molar-refractivity contribution >= 4 is 33.2 Å². The Balaban J connectivity index is 1.63. The number of benzene rings is 2. The van der Waals surface area contributed by atoms with Gasteiger partial charge >= 0.3 is 5.76 Å². The van der Waals surface area contributed by atoms with Crippen LogP contribution in [0.3, 0.4) is 0 Å². The number of aromatic nitrogens is 4. The third kappa shape index (κ3) is 4.77. The van der Waals surface area contributed by atoms with E-state index in [0.717, 1.165) is 35.1 Å². The highest BCUT2D eigenvalue weighted by atomic mass is 32.2. The second-order valence-electron chi connectivity index (χ2n) is 5.83. The van der Waals surface area contributed by atoms with E-state index in [1.165, 1.54) is 16.8 Å². The highest BCUT2D eigenvalue weighted by Crippen LogP contribution is 2.22. The Bertz CT molecular complexity index is 1120. The van der Waals surface area contributed by atoms with Crippen molar-refractivity contribution in [2.45, 2.75) is 22.7 Å². The average Bonchev–Trinajstić information content (AvgIpc) is 3.15. The van der Waals surface area contributed by atoms with Crippen LogP contribution in [-0.2, 0) is 14.6 Å². The largest absolute Gasteiger partial charge is 0.341 e. The fourth-order valence-electron chi connectivity index (χ4n) is 2.38. The zero-order chi connectivity index (χ0) is 21.0. The van der Waals surface area contributed by atoms with Crippen molar-refractivity contribution in [1.29, 1.82) is 0 Å². The lowest BCUT2D eigenvalue weighted by Crippen LogP contribution is -2.15. The van der Waals surface area contributed by atoms with Gasteiger partial charge in [-0.1, -0.05) is 30.0 Å². The molecule has 0 unspecified atom stereocenters. The van der Waals surface area contributed by atoms with Crippen LogP contribution in [-0.4, -0.2) is 46.0 Å². The summed E-state index contributed by atoms with van der Waals surface area (Å²) in [6, 6.07) is 12.0. The molecule has 0 aliphatic carbocycles. The Morgan fingerprint density at radius 3 is 2.52 bits per heavy atom. The first kappa shape index (κ1) is 20.9. The van der Waals surface area contributed by atoms with E-state index >= 15 is 0 Å². The zero-order valence-corrected chi connectivity index (χ0v) is 16.6. The van der Waals surface area contributed by atoms with Crippen molar-refractivity contribution in [2.75, 3.05) is 11.1 Å². The number of carbonyl (C=O) groups excluding carboxylic acids is 1. The van der Waals surface area contributed by atoms with Gasteiger partial charge in [0.2, 0.25) is 20.9 Å². The number of amides is 1. The first-order valence-corrected chi connectivity index (χ1v) is 10.7. The summed E-state index contributed by atoms with van der Waals surface area (Å²) in [5, 5.41) is 14.5. The van der Waals surface area contributed by atoms with Crippen LogP contribution in [0.1, 0.15) is 5.56 Å². The molecule has 0 radical (unpaired) electrons. The number of halogens is 2. The maximum Gasteiger partial charge on any atom is 0.341 e. The molecular weight excluding hydrogens is 424 g/mol. The van der Waals surface area contributed by atoms with E-state index in [1.807, 2.05) is 31.2 Å². The summed E-state index contributed by atoms with van der Waals surface area (Å²) in [5.41, 5.74) is 2.03. The molecule has 0 atom stereocenters. The molecular formula is C17H15F2N5O3S2. The van der Waals surface area contributed by atoms with Crippen molar-refractivity contribution in [1.82, 2.24) is 20.2 Å². The second-order valence-corrected chi connectivity index (χ2v) is 8.69. The van der Waals surface area contributed by atoms with Gasteiger partial charge in [-0.25, -0.2) is 8.42 Å². The van der Waals surface area contributed by atoms with Gasteiger partial charge in [-0.05, 0) is 53.2 Å². The van der Waals surface area contributed by atoms with E-state index in [0.29, 0.717) is 5.16 Å². The molecule has 1 heterocycles. The molecule has 0 fully saturated rings. The van der Waals surface area contributed by atoms with Gasteiger partial charge in [0.15, 0.2) is 0 Å². The minimum Gasteiger partial charge on any atom is -0.325 e. The van der Waals surface area contributed by atoms with E-state index in [4.69, 9.17) is 0 Å². The topological polar surface area (TPSA) is 107 Å². The lowest BCUT2D eigenvalue weighted by Gasteiger charge is -2.08. The third-order valence-corrected chi connectivity index (χ3v) is 6.14. The Morgan fingerprint density at radius 2 is 1.86 bits per heavy atom. The molecule has 0 spiro atoms. The number of carbonyl (C=O) groups is 1. The van der Waals surface area contributed by atoms with Crippen molar-refractivity contribution in [3.8, 4) is 5.69 Å². The minimum absolute atomic E-state index is 0.0106. The molecule has 3 rings (SSSR count). The standard InChI is InChI=1S/C17H15F2N5O3S2/c1-11-4-2-3-5-14(11)24-17(21-22-23-24)28-10-15(25)20-12-6-8-13(9-7-12)29(26,27)16(18)19/h2-9,16H,10H2,1H3,(H,20,25). The quantitative estimate of drug-likeness (QED) is 0.564. The van der Waals surface area contributed by atoms with Crippen LogP contribution in [0.25, 0.3) is 5.69 Å². The first-order chi connectivity index (χ1) is 13.8. The molecule has 0 aliphatic rings. The van der Waals surface area contributed by atoms with Gasteiger partial charge in [0, 0.05) is 5.69 Å². The van der Waals surface area contributed by atoms with Crippen LogP contribution in [0.5, 0.6) is 0 Å². The Morgan fingerprint density at radius 1 is 1.17 bits per heavy atom. The summed E-state index contributed by atoms with van der Waals surface area (Å²) in [5.74, 6) is -3.90. The number of anilines is 1. The maximum absolute atomic E-state index is 12.5. The lowest BCUT2D eigenvalue weighted by molar-refractivity contribution is -0.113. The molecule has 0 bridgehead atoms. The highest BCUT2D eigenvalue weighted by Gasteiger charge is 2.26. The molecule has 2 aromatic carbocycles. The number of hydrogen-bond acceptors (Lipinski definition) is 7. The van der Waals surface area contributed by atoms with Gasteiger partial charge in [-0.2, -0.15) is 13.5 Å². The molecule has 152 valence electrons. The van der Waals surface area contributed by atoms with E-state index in [-0.39, 0.29) is 17.3 Å². The molecule has 1 amide bonds. The van der Waals surface area contributed by atoms with Crippen LogP contribution in [0, 0.1) is 6.92 Å². The predicted octanol–water partition coefficient (Wildman–Crippen LogP) is 2.70. The van der Waals surface area contributed by atoms with Crippen molar-refractivity contribution in [3.63, 3.8) is 0 Å². The number of thioether (sulfide) groups is 1. The number of para-hydroxylation sites is 1. The average molecular weight is 439 g/mol. The lowest BCUT2D eigenvalue weighted by atomic mass is 10.2. The number of aryl methyl sites for hydroxylation is 1. The molecule has 0 saturated heterocycles. The SMILES string of the molecule is Cc1ccccc1-n1nnnc1SCC(=O)Nc1ccc(S(=O)(=O)C(F)F)cc1. The summed E-state index contributed by atoms with van der Waals surface area (Å²) in [7, 11) is -4.67. The molecule has 0 saturated carbocycles. The first-order valence-electron chi connectivity index (χ1n) is 8.18.